The van der Waals surface area contributed by atoms with Crippen molar-refractivity contribution in [3.8, 4) is 0 Å². The van der Waals surface area contributed by atoms with E-state index in [0.29, 0.717) is 0 Å². The summed E-state index contributed by atoms with van der Waals surface area (Å²) in [4.78, 5) is -0.340. The van der Waals surface area contributed by atoms with E-state index in [1.54, 1.807) is 0 Å². The summed E-state index contributed by atoms with van der Waals surface area (Å²) in [6.07, 6.45) is 0. The molecule has 0 amide bonds. The van der Waals surface area contributed by atoms with Gasteiger partial charge < -0.3 is 0 Å². The van der Waals surface area contributed by atoms with Crippen molar-refractivity contribution in [1.29, 1.82) is 0 Å². The minimum absolute atomic E-state index is 0.165. The first-order valence-electron chi connectivity index (χ1n) is 4.29. The van der Waals surface area contributed by atoms with E-state index in [1.165, 1.54) is 0 Å². The molecular weight excluding hydrogens is 274 g/mol. The van der Waals surface area contributed by atoms with Gasteiger partial charge in [-0.2, -0.15) is 0 Å². The highest BCUT2D eigenvalue weighted by molar-refractivity contribution is 8.13. The number of primary sulfonamides is 1. The molecule has 16 heavy (non-hydrogen) atoms. The predicted molar refractivity (Wildman–Crippen MR) is 62.2 cm³/mol. The first-order valence-corrected chi connectivity index (χ1v) is 8.14. The van der Waals surface area contributed by atoms with Crippen LogP contribution in [0.2, 0.25) is 0 Å². The third-order valence-electron chi connectivity index (χ3n) is 1.43. The first kappa shape index (κ1) is 15.4. The molecule has 8 heteroatoms. The van der Waals surface area contributed by atoms with Gasteiger partial charge in [-0.05, 0) is 24.3 Å². The van der Waals surface area contributed by atoms with Gasteiger partial charge in [0.1, 0.15) is 0 Å². The van der Waals surface area contributed by atoms with E-state index in [4.69, 9.17) is 15.8 Å². The van der Waals surface area contributed by atoms with Crippen molar-refractivity contribution in [3.63, 3.8) is 0 Å². The maximum Gasteiger partial charge on any atom is 0.261 e. The number of halogens is 1. The lowest BCUT2D eigenvalue weighted by Crippen LogP contribution is -2.11. The zero-order valence-electron chi connectivity index (χ0n) is 8.71. The summed E-state index contributed by atoms with van der Waals surface area (Å²) >= 11 is 0. The maximum atomic E-state index is 10.8. The molecule has 0 aliphatic heterocycles. The molecule has 2 N–H and O–H groups in total. The summed E-state index contributed by atoms with van der Waals surface area (Å²) in [6.45, 7) is 4.00. The van der Waals surface area contributed by atoms with Gasteiger partial charge in [-0.1, -0.05) is 13.8 Å². The molecule has 1 aromatic carbocycles. The molecule has 0 aliphatic rings. The molecule has 5 nitrogen and oxygen atoms in total. The zero-order valence-corrected chi connectivity index (χ0v) is 11.1. The Balaban J connectivity index is 0.00000106. The second-order valence-electron chi connectivity index (χ2n) is 2.45. The Morgan fingerprint density at radius 2 is 1.25 bits per heavy atom. The van der Waals surface area contributed by atoms with Crippen LogP contribution in [0.5, 0.6) is 0 Å². The van der Waals surface area contributed by atoms with Crippen LogP contribution in [0.3, 0.4) is 0 Å². The monoisotopic (exact) mass is 285 g/mol. The second-order valence-corrected chi connectivity index (χ2v) is 6.58. The van der Waals surface area contributed by atoms with E-state index in [-0.39, 0.29) is 9.79 Å². The van der Waals surface area contributed by atoms with Crippen molar-refractivity contribution in [2.75, 3.05) is 0 Å². The summed E-state index contributed by atoms with van der Waals surface area (Å²) in [5.41, 5.74) is 0. The number of benzene rings is 1. The molecule has 0 saturated carbocycles. The lowest BCUT2D eigenvalue weighted by Gasteiger charge is -1.98. The topological polar surface area (TPSA) is 94.3 Å². The second kappa shape index (κ2) is 5.62. The molecule has 0 aliphatic carbocycles. The van der Waals surface area contributed by atoms with Crippen molar-refractivity contribution in [2.24, 2.45) is 5.14 Å². The Bertz CT molecular complexity index is 483. The van der Waals surface area contributed by atoms with Gasteiger partial charge in [0, 0.05) is 10.7 Å². The van der Waals surface area contributed by atoms with Crippen LogP contribution in [-0.4, -0.2) is 16.8 Å². The summed E-state index contributed by atoms with van der Waals surface area (Å²) < 4.78 is 43.1. The van der Waals surface area contributed by atoms with Gasteiger partial charge in [0.25, 0.3) is 9.05 Å². The van der Waals surface area contributed by atoms with Gasteiger partial charge in [-0.25, -0.2) is 22.0 Å². The molecule has 0 heterocycles. The van der Waals surface area contributed by atoms with Gasteiger partial charge in [0.2, 0.25) is 10.0 Å². The lowest BCUT2D eigenvalue weighted by atomic mass is 10.4. The lowest BCUT2D eigenvalue weighted by molar-refractivity contribution is 0.596. The van der Waals surface area contributed by atoms with E-state index in [1.807, 2.05) is 13.8 Å². The minimum atomic E-state index is -3.83. The molecule has 1 rings (SSSR count). The number of nitrogens with two attached hydrogens (primary N) is 1. The molecule has 0 radical (unpaired) electrons. The van der Waals surface area contributed by atoms with Crippen molar-refractivity contribution >= 4 is 29.8 Å². The van der Waals surface area contributed by atoms with Gasteiger partial charge in [0.15, 0.2) is 0 Å². The molecule has 0 unspecified atom stereocenters. The quantitative estimate of drug-likeness (QED) is 0.828. The number of hydrogen-bond donors (Lipinski definition) is 1. The molecule has 0 bridgehead atoms. The highest BCUT2D eigenvalue weighted by Gasteiger charge is 2.12. The van der Waals surface area contributed by atoms with Gasteiger partial charge >= 0.3 is 0 Å². The fourth-order valence-corrected chi connectivity index (χ4v) is 2.08. The van der Waals surface area contributed by atoms with E-state index in [2.05, 4.69) is 0 Å². The van der Waals surface area contributed by atoms with Crippen molar-refractivity contribution in [2.45, 2.75) is 23.6 Å². The summed E-state index contributed by atoms with van der Waals surface area (Å²) in [5, 5.41) is 4.81. The maximum absolute atomic E-state index is 10.8. The zero-order chi connectivity index (χ0) is 13.0. The normalized spacial score (nSPS) is 11.5. The van der Waals surface area contributed by atoms with Crippen LogP contribution in [0.15, 0.2) is 34.1 Å². The van der Waals surface area contributed by atoms with E-state index in [0.717, 1.165) is 24.3 Å². The van der Waals surface area contributed by atoms with Gasteiger partial charge in [0.05, 0.1) is 9.79 Å². The van der Waals surface area contributed by atoms with Crippen LogP contribution in [-0.2, 0) is 19.1 Å². The fourth-order valence-electron chi connectivity index (χ4n) is 0.792. The van der Waals surface area contributed by atoms with Crippen LogP contribution in [0, 0.1) is 0 Å². The summed E-state index contributed by atoms with van der Waals surface area (Å²) in [5.74, 6) is 0. The molecule has 0 spiro atoms. The van der Waals surface area contributed by atoms with Crippen LogP contribution >= 0.6 is 10.7 Å². The standard InChI is InChI=1S/C6H6ClNO4S2.C2H6/c7-13(9,10)5-1-3-6(4-2-5)14(8,11)12;1-2/h1-4H,(H2,8,11,12);1-2H3. The smallest absolute Gasteiger partial charge is 0.225 e. The summed E-state index contributed by atoms with van der Waals surface area (Å²) in [6, 6.07) is 4.29. The Hall–Kier alpha value is -0.630. The highest BCUT2D eigenvalue weighted by Crippen LogP contribution is 2.16. The van der Waals surface area contributed by atoms with Crippen LogP contribution < -0.4 is 5.14 Å². The number of rotatable bonds is 2. The largest absolute Gasteiger partial charge is 0.261 e. The highest BCUT2D eigenvalue weighted by atomic mass is 35.7. The first-order chi connectivity index (χ1) is 7.21. The van der Waals surface area contributed by atoms with Crippen LogP contribution in [0.25, 0.3) is 0 Å². The minimum Gasteiger partial charge on any atom is -0.225 e. The van der Waals surface area contributed by atoms with Crippen LogP contribution in [0.1, 0.15) is 13.8 Å². The third-order valence-corrected chi connectivity index (χ3v) is 3.73. The van der Waals surface area contributed by atoms with E-state index < -0.39 is 19.1 Å². The Morgan fingerprint density at radius 1 is 0.938 bits per heavy atom. The molecule has 0 aromatic heterocycles. The van der Waals surface area contributed by atoms with Crippen molar-refractivity contribution in [3.05, 3.63) is 24.3 Å². The SMILES string of the molecule is CC.NS(=O)(=O)c1ccc(S(=O)(=O)Cl)cc1. The molecule has 0 saturated heterocycles. The van der Waals surface area contributed by atoms with Crippen molar-refractivity contribution in [1.82, 2.24) is 0 Å². The Labute approximate surface area is 99.7 Å². The Morgan fingerprint density at radius 3 is 1.50 bits per heavy atom. The number of hydrogen-bond acceptors (Lipinski definition) is 4. The molecule has 0 atom stereocenters. The molecular formula is C8H12ClNO4S2. The van der Waals surface area contributed by atoms with Crippen molar-refractivity contribution < 1.29 is 16.8 Å². The van der Waals surface area contributed by atoms with E-state index >= 15 is 0 Å². The molecule has 92 valence electrons. The third kappa shape index (κ3) is 4.48. The number of sulfonamides is 1. The predicted octanol–water partition coefficient (Wildman–Crippen LogP) is 1.29. The average Bonchev–Trinajstić information content (AvgIpc) is 2.18. The van der Waals surface area contributed by atoms with E-state index in [9.17, 15) is 16.8 Å². The van der Waals surface area contributed by atoms with Gasteiger partial charge in [-0.3, -0.25) is 0 Å². The Kier molecular flexibility index (Phi) is 5.40. The molecule has 1 aromatic rings. The van der Waals surface area contributed by atoms with Crippen LogP contribution in [0.4, 0.5) is 0 Å². The fraction of sp³-hybridized carbons (Fsp3) is 0.250. The van der Waals surface area contributed by atoms with Gasteiger partial charge in [-0.15, -0.1) is 0 Å². The summed E-state index contributed by atoms with van der Waals surface area (Å²) in [7, 11) is -2.61. The average molecular weight is 286 g/mol. The molecule has 0 fully saturated rings.